The van der Waals surface area contributed by atoms with Gasteiger partial charge in [-0.05, 0) is 38.0 Å². The molecule has 0 aromatic heterocycles. The second-order valence-electron chi connectivity index (χ2n) is 7.02. The van der Waals surface area contributed by atoms with Crippen molar-refractivity contribution in [1.29, 1.82) is 0 Å². The van der Waals surface area contributed by atoms with Gasteiger partial charge < -0.3 is 5.32 Å². The van der Waals surface area contributed by atoms with Crippen LogP contribution in [0.25, 0.3) is 0 Å². The van der Waals surface area contributed by atoms with Crippen LogP contribution in [-0.2, 0) is 10.0 Å². The predicted molar refractivity (Wildman–Crippen MR) is 108 cm³/mol. The number of nitrogens with one attached hydrogen (secondary N) is 1. The zero-order valence-corrected chi connectivity index (χ0v) is 16.9. The molecule has 2 aromatic carbocycles. The number of nitrogens with zero attached hydrogens (tertiary/aromatic N) is 1. The number of amides is 1. The van der Waals surface area contributed by atoms with Crippen molar-refractivity contribution in [3.63, 3.8) is 0 Å². The molecular formula is C21H24N2O4S. The van der Waals surface area contributed by atoms with Gasteiger partial charge in [0.15, 0.2) is 5.78 Å². The summed E-state index contributed by atoms with van der Waals surface area (Å²) in [6, 6.07) is 12.3. The molecule has 1 amide bonds. The van der Waals surface area contributed by atoms with Crippen LogP contribution in [0.1, 0.15) is 43.8 Å². The molecule has 3 rings (SSSR count). The SMILES string of the molecule is Cc1ccc(C)c(C(=O)c2ccccc2C(=O)NCCN2CCCS2(=O)=O)c1. The zero-order chi connectivity index (χ0) is 20.3. The number of carbonyl (C=O) groups is 2. The number of aryl methyl sites for hydroxylation is 2. The van der Waals surface area contributed by atoms with Crippen molar-refractivity contribution < 1.29 is 18.0 Å². The number of sulfonamides is 1. The van der Waals surface area contributed by atoms with Gasteiger partial charge in [-0.1, -0.05) is 35.9 Å². The number of rotatable bonds is 6. The van der Waals surface area contributed by atoms with E-state index in [-0.39, 0.29) is 36.1 Å². The molecule has 0 unspecified atom stereocenters. The fourth-order valence-corrected chi connectivity index (χ4v) is 4.87. The lowest BCUT2D eigenvalue weighted by molar-refractivity contribution is 0.0940. The minimum Gasteiger partial charge on any atom is -0.351 e. The fraction of sp³-hybridized carbons (Fsp3) is 0.333. The Morgan fingerprint density at radius 3 is 2.43 bits per heavy atom. The zero-order valence-electron chi connectivity index (χ0n) is 16.1. The monoisotopic (exact) mass is 400 g/mol. The van der Waals surface area contributed by atoms with Crippen molar-refractivity contribution in [3.8, 4) is 0 Å². The quantitative estimate of drug-likeness (QED) is 0.754. The van der Waals surface area contributed by atoms with E-state index in [2.05, 4.69) is 5.32 Å². The topological polar surface area (TPSA) is 83.6 Å². The van der Waals surface area contributed by atoms with E-state index < -0.39 is 10.0 Å². The van der Waals surface area contributed by atoms with E-state index in [0.29, 0.717) is 24.1 Å². The van der Waals surface area contributed by atoms with Crippen molar-refractivity contribution >= 4 is 21.7 Å². The van der Waals surface area contributed by atoms with E-state index in [1.54, 1.807) is 24.3 Å². The standard InChI is InChI=1S/C21H24N2O4S/c1-15-8-9-16(2)19(14-15)20(24)17-6-3-4-7-18(17)21(25)22-10-12-23-11-5-13-28(23,26)27/h3-4,6-9,14H,5,10-13H2,1-2H3,(H,22,25). The summed E-state index contributed by atoms with van der Waals surface area (Å²) in [6.45, 7) is 4.71. The molecule has 0 radical (unpaired) electrons. The van der Waals surface area contributed by atoms with E-state index in [4.69, 9.17) is 0 Å². The Morgan fingerprint density at radius 2 is 1.75 bits per heavy atom. The fourth-order valence-electron chi connectivity index (χ4n) is 3.34. The molecule has 6 nitrogen and oxygen atoms in total. The molecule has 0 aliphatic carbocycles. The lowest BCUT2D eigenvalue weighted by Gasteiger charge is -2.15. The molecule has 1 saturated heterocycles. The molecule has 1 fully saturated rings. The van der Waals surface area contributed by atoms with Crippen LogP contribution in [0.3, 0.4) is 0 Å². The Hall–Kier alpha value is -2.51. The summed E-state index contributed by atoms with van der Waals surface area (Å²) in [5, 5.41) is 2.74. The van der Waals surface area contributed by atoms with E-state index >= 15 is 0 Å². The number of carbonyl (C=O) groups excluding carboxylic acids is 2. The van der Waals surface area contributed by atoms with Gasteiger partial charge in [-0.3, -0.25) is 9.59 Å². The van der Waals surface area contributed by atoms with E-state index in [0.717, 1.165) is 11.1 Å². The molecule has 0 bridgehead atoms. The van der Waals surface area contributed by atoms with Crippen LogP contribution in [-0.4, -0.2) is 49.8 Å². The van der Waals surface area contributed by atoms with Crippen molar-refractivity contribution in [2.45, 2.75) is 20.3 Å². The van der Waals surface area contributed by atoms with Crippen LogP contribution in [0.4, 0.5) is 0 Å². The van der Waals surface area contributed by atoms with Crippen LogP contribution >= 0.6 is 0 Å². The molecule has 1 aliphatic heterocycles. The average molecular weight is 401 g/mol. The molecule has 0 saturated carbocycles. The summed E-state index contributed by atoms with van der Waals surface area (Å²) >= 11 is 0. The number of hydrogen-bond acceptors (Lipinski definition) is 4. The second kappa shape index (κ2) is 8.24. The normalized spacial score (nSPS) is 16.1. The van der Waals surface area contributed by atoms with Crippen LogP contribution < -0.4 is 5.32 Å². The number of benzene rings is 2. The van der Waals surface area contributed by atoms with Crippen LogP contribution in [0, 0.1) is 13.8 Å². The first kappa shape index (κ1) is 20.2. The lowest BCUT2D eigenvalue weighted by Crippen LogP contribution is -2.36. The lowest BCUT2D eigenvalue weighted by atomic mass is 9.94. The highest BCUT2D eigenvalue weighted by Crippen LogP contribution is 2.19. The maximum absolute atomic E-state index is 13.0. The van der Waals surface area contributed by atoms with E-state index in [1.165, 1.54) is 4.31 Å². The van der Waals surface area contributed by atoms with Gasteiger partial charge in [0, 0.05) is 30.8 Å². The Balaban J connectivity index is 1.75. The summed E-state index contributed by atoms with van der Waals surface area (Å²) in [5.74, 6) is -0.423. The van der Waals surface area contributed by atoms with Gasteiger partial charge >= 0.3 is 0 Å². The molecule has 148 valence electrons. The molecule has 28 heavy (non-hydrogen) atoms. The highest BCUT2D eigenvalue weighted by molar-refractivity contribution is 7.89. The summed E-state index contributed by atoms with van der Waals surface area (Å²) in [5.41, 5.74) is 3.02. The first-order valence-electron chi connectivity index (χ1n) is 9.26. The van der Waals surface area contributed by atoms with Crippen molar-refractivity contribution in [3.05, 3.63) is 70.3 Å². The highest BCUT2D eigenvalue weighted by Gasteiger charge is 2.27. The molecule has 1 heterocycles. The third kappa shape index (κ3) is 4.31. The average Bonchev–Trinajstić information content (AvgIpc) is 3.01. The Labute approximate surface area is 165 Å². The van der Waals surface area contributed by atoms with Gasteiger partial charge in [0.1, 0.15) is 0 Å². The largest absolute Gasteiger partial charge is 0.351 e. The summed E-state index contributed by atoms with van der Waals surface area (Å²) in [7, 11) is -3.19. The molecule has 0 atom stereocenters. The van der Waals surface area contributed by atoms with Crippen molar-refractivity contribution in [2.75, 3.05) is 25.4 Å². The first-order chi connectivity index (χ1) is 13.3. The predicted octanol–water partition coefficient (Wildman–Crippen LogP) is 2.30. The molecule has 0 spiro atoms. The van der Waals surface area contributed by atoms with Gasteiger partial charge in [-0.15, -0.1) is 0 Å². The summed E-state index contributed by atoms with van der Waals surface area (Å²) in [4.78, 5) is 25.7. The van der Waals surface area contributed by atoms with Gasteiger partial charge in [0.05, 0.1) is 11.3 Å². The number of ketones is 1. The minimum atomic E-state index is -3.19. The Bertz CT molecular complexity index is 1010. The van der Waals surface area contributed by atoms with E-state index in [1.807, 2.05) is 32.0 Å². The first-order valence-corrected chi connectivity index (χ1v) is 10.9. The third-order valence-electron chi connectivity index (χ3n) is 4.90. The summed E-state index contributed by atoms with van der Waals surface area (Å²) in [6.07, 6.45) is 0.615. The summed E-state index contributed by atoms with van der Waals surface area (Å²) < 4.78 is 25.1. The highest BCUT2D eigenvalue weighted by atomic mass is 32.2. The minimum absolute atomic E-state index is 0.161. The Morgan fingerprint density at radius 1 is 1.04 bits per heavy atom. The molecular weight excluding hydrogens is 376 g/mol. The second-order valence-corrected chi connectivity index (χ2v) is 9.11. The van der Waals surface area contributed by atoms with Crippen LogP contribution in [0.15, 0.2) is 42.5 Å². The third-order valence-corrected chi connectivity index (χ3v) is 6.86. The van der Waals surface area contributed by atoms with Gasteiger partial charge in [0.2, 0.25) is 10.0 Å². The smallest absolute Gasteiger partial charge is 0.252 e. The molecule has 1 aliphatic rings. The van der Waals surface area contributed by atoms with Crippen LogP contribution in [0.2, 0.25) is 0 Å². The van der Waals surface area contributed by atoms with Crippen molar-refractivity contribution in [2.24, 2.45) is 0 Å². The Kier molecular flexibility index (Phi) is 5.96. The maximum Gasteiger partial charge on any atom is 0.252 e. The van der Waals surface area contributed by atoms with Gasteiger partial charge in [-0.2, -0.15) is 0 Å². The molecule has 1 N–H and O–H groups in total. The molecule has 2 aromatic rings. The van der Waals surface area contributed by atoms with Gasteiger partial charge in [-0.25, -0.2) is 12.7 Å². The van der Waals surface area contributed by atoms with Gasteiger partial charge in [0.25, 0.3) is 5.91 Å². The molecule has 7 heteroatoms. The number of hydrogen-bond donors (Lipinski definition) is 1. The van der Waals surface area contributed by atoms with Crippen LogP contribution in [0.5, 0.6) is 0 Å². The maximum atomic E-state index is 13.0. The van der Waals surface area contributed by atoms with E-state index in [9.17, 15) is 18.0 Å². The van der Waals surface area contributed by atoms with Crippen molar-refractivity contribution in [1.82, 2.24) is 9.62 Å².